The van der Waals surface area contributed by atoms with Crippen molar-refractivity contribution < 1.29 is 9.59 Å². The Bertz CT molecular complexity index is 813. The molecule has 2 atom stereocenters. The van der Waals surface area contributed by atoms with Crippen molar-refractivity contribution in [3.05, 3.63) is 70.8 Å². The Hall–Kier alpha value is -2.62. The first-order valence-corrected chi connectivity index (χ1v) is 9.70. The average Bonchev–Trinajstić information content (AvgIpc) is 3.11. The largest absolute Gasteiger partial charge is 0.356 e. The van der Waals surface area contributed by atoms with Crippen LogP contribution in [-0.4, -0.2) is 36.3 Å². The molecule has 4 nitrogen and oxygen atoms in total. The topological polar surface area (TPSA) is 49.4 Å². The van der Waals surface area contributed by atoms with Gasteiger partial charge in [0.15, 0.2) is 0 Å². The lowest BCUT2D eigenvalue weighted by Crippen LogP contribution is -2.36. The van der Waals surface area contributed by atoms with Crippen LogP contribution in [0.2, 0.25) is 0 Å². The van der Waals surface area contributed by atoms with E-state index in [-0.39, 0.29) is 23.7 Å². The molecule has 0 spiro atoms. The Balaban J connectivity index is 1.86. The molecule has 2 amide bonds. The van der Waals surface area contributed by atoms with Crippen LogP contribution in [0, 0.1) is 19.8 Å². The highest BCUT2D eigenvalue weighted by Gasteiger charge is 2.40. The summed E-state index contributed by atoms with van der Waals surface area (Å²) >= 11 is 0. The van der Waals surface area contributed by atoms with Crippen molar-refractivity contribution in [2.24, 2.45) is 5.92 Å². The highest BCUT2D eigenvalue weighted by atomic mass is 16.2. The van der Waals surface area contributed by atoms with Crippen LogP contribution in [0.25, 0.3) is 0 Å². The third-order valence-electron chi connectivity index (χ3n) is 5.38. The van der Waals surface area contributed by atoms with Gasteiger partial charge in [-0.15, -0.1) is 0 Å². The predicted octanol–water partition coefficient (Wildman–Crippen LogP) is 3.69. The van der Waals surface area contributed by atoms with Gasteiger partial charge in [0.2, 0.25) is 5.91 Å². The zero-order valence-corrected chi connectivity index (χ0v) is 16.4. The van der Waals surface area contributed by atoms with E-state index in [9.17, 15) is 9.59 Å². The molecule has 2 aromatic rings. The van der Waals surface area contributed by atoms with E-state index >= 15 is 0 Å². The van der Waals surface area contributed by atoms with Gasteiger partial charge in [-0.05, 0) is 43.5 Å². The van der Waals surface area contributed by atoms with Crippen LogP contribution < -0.4 is 5.32 Å². The van der Waals surface area contributed by atoms with Crippen LogP contribution in [0.5, 0.6) is 0 Å². The van der Waals surface area contributed by atoms with Gasteiger partial charge in [0.1, 0.15) is 0 Å². The SMILES string of the molecule is CCCNC(=O)C1CN(C(=O)c2ccc(C)cc2)CC1c1ccccc1C. The number of amides is 2. The molecule has 2 aromatic carbocycles. The summed E-state index contributed by atoms with van der Waals surface area (Å²) in [5.41, 5.74) is 4.13. The zero-order valence-electron chi connectivity index (χ0n) is 16.4. The van der Waals surface area contributed by atoms with Gasteiger partial charge in [0.25, 0.3) is 5.91 Å². The van der Waals surface area contributed by atoms with Gasteiger partial charge in [-0.25, -0.2) is 0 Å². The minimum Gasteiger partial charge on any atom is -0.356 e. The van der Waals surface area contributed by atoms with Gasteiger partial charge < -0.3 is 10.2 Å². The number of hydrogen-bond acceptors (Lipinski definition) is 2. The molecule has 1 N–H and O–H groups in total. The van der Waals surface area contributed by atoms with E-state index in [4.69, 9.17) is 0 Å². The van der Waals surface area contributed by atoms with Crippen LogP contribution in [0.3, 0.4) is 0 Å². The summed E-state index contributed by atoms with van der Waals surface area (Å²) in [4.78, 5) is 27.6. The fourth-order valence-corrected chi connectivity index (χ4v) is 3.81. The van der Waals surface area contributed by atoms with E-state index in [1.807, 2.05) is 55.1 Å². The van der Waals surface area contributed by atoms with Crippen molar-refractivity contribution in [1.82, 2.24) is 10.2 Å². The zero-order chi connectivity index (χ0) is 19.4. The number of benzene rings is 2. The number of nitrogens with one attached hydrogen (secondary N) is 1. The maximum absolute atomic E-state index is 13.0. The molecule has 0 saturated carbocycles. The Morgan fingerprint density at radius 1 is 1.04 bits per heavy atom. The second kappa shape index (κ2) is 8.38. The number of carbonyl (C=O) groups excluding carboxylic acids is 2. The lowest BCUT2D eigenvalue weighted by Gasteiger charge is -2.19. The Morgan fingerprint density at radius 3 is 2.41 bits per heavy atom. The molecule has 0 radical (unpaired) electrons. The van der Waals surface area contributed by atoms with Crippen LogP contribution in [0.1, 0.15) is 46.3 Å². The number of carbonyl (C=O) groups is 2. The first-order chi connectivity index (χ1) is 13.0. The van der Waals surface area contributed by atoms with E-state index in [2.05, 4.69) is 24.4 Å². The Kier molecular flexibility index (Phi) is 5.94. The molecule has 27 heavy (non-hydrogen) atoms. The summed E-state index contributed by atoms with van der Waals surface area (Å²) in [7, 11) is 0. The van der Waals surface area contributed by atoms with Crippen molar-refractivity contribution in [3.8, 4) is 0 Å². The van der Waals surface area contributed by atoms with Gasteiger partial charge in [-0.1, -0.05) is 48.9 Å². The van der Waals surface area contributed by atoms with Crippen molar-refractivity contribution >= 4 is 11.8 Å². The average molecular weight is 364 g/mol. The first-order valence-electron chi connectivity index (χ1n) is 9.70. The van der Waals surface area contributed by atoms with Crippen molar-refractivity contribution in [1.29, 1.82) is 0 Å². The third-order valence-corrected chi connectivity index (χ3v) is 5.38. The maximum Gasteiger partial charge on any atom is 0.253 e. The van der Waals surface area contributed by atoms with Crippen LogP contribution in [0.4, 0.5) is 0 Å². The van der Waals surface area contributed by atoms with E-state index in [1.54, 1.807) is 0 Å². The highest BCUT2D eigenvalue weighted by Crippen LogP contribution is 2.35. The molecule has 0 aliphatic carbocycles. The van der Waals surface area contributed by atoms with Crippen LogP contribution in [0.15, 0.2) is 48.5 Å². The Morgan fingerprint density at radius 2 is 1.74 bits per heavy atom. The van der Waals surface area contributed by atoms with Gasteiger partial charge in [0, 0.05) is 31.1 Å². The predicted molar refractivity (Wildman–Crippen MR) is 108 cm³/mol. The van der Waals surface area contributed by atoms with Crippen molar-refractivity contribution in [3.63, 3.8) is 0 Å². The molecular weight excluding hydrogens is 336 g/mol. The maximum atomic E-state index is 13.0. The van der Waals surface area contributed by atoms with E-state index in [0.717, 1.165) is 17.5 Å². The standard InChI is InChI=1S/C23H28N2O2/c1-4-13-24-22(26)21-15-25(23(27)18-11-9-16(2)10-12-18)14-20(21)19-8-6-5-7-17(19)3/h5-12,20-21H,4,13-15H2,1-3H3,(H,24,26). The smallest absolute Gasteiger partial charge is 0.253 e. The fraction of sp³-hybridized carbons (Fsp3) is 0.391. The van der Waals surface area contributed by atoms with Gasteiger partial charge >= 0.3 is 0 Å². The molecule has 4 heteroatoms. The first kappa shape index (κ1) is 19.2. The monoisotopic (exact) mass is 364 g/mol. The number of rotatable bonds is 5. The summed E-state index contributed by atoms with van der Waals surface area (Å²) in [6.07, 6.45) is 0.902. The molecule has 1 aliphatic heterocycles. The quantitative estimate of drug-likeness (QED) is 0.880. The summed E-state index contributed by atoms with van der Waals surface area (Å²) in [5.74, 6) is -0.145. The third kappa shape index (κ3) is 4.21. The van der Waals surface area contributed by atoms with E-state index in [0.29, 0.717) is 25.2 Å². The molecule has 0 bridgehead atoms. The van der Waals surface area contributed by atoms with Crippen molar-refractivity contribution in [2.75, 3.05) is 19.6 Å². The summed E-state index contributed by atoms with van der Waals surface area (Å²) < 4.78 is 0. The second-order valence-electron chi connectivity index (χ2n) is 7.44. The number of nitrogens with zero attached hydrogens (tertiary/aromatic N) is 1. The minimum absolute atomic E-state index is 0.000578. The molecule has 3 rings (SSSR count). The molecule has 142 valence electrons. The van der Waals surface area contributed by atoms with Crippen LogP contribution >= 0.6 is 0 Å². The highest BCUT2D eigenvalue weighted by molar-refractivity contribution is 5.95. The lowest BCUT2D eigenvalue weighted by atomic mass is 9.86. The van der Waals surface area contributed by atoms with E-state index < -0.39 is 0 Å². The fourth-order valence-electron chi connectivity index (χ4n) is 3.81. The molecule has 1 heterocycles. The number of likely N-dealkylation sites (tertiary alicyclic amines) is 1. The number of aryl methyl sites for hydroxylation is 2. The Labute approximate surface area is 161 Å². The number of hydrogen-bond donors (Lipinski definition) is 1. The summed E-state index contributed by atoms with van der Waals surface area (Å²) in [5, 5.41) is 3.02. The molecule has 0 aromatic heterocycles. The normalized spacial score (nSPS) is 19.1. The van der Waals surface area contributed by atoms with E-state index in [1.165, 1.54) is 5.56 Å². The summed E-state index contributed by atoms with van der Waals surface area (Å²) in [6.45, 7) is 7.82. The minimum atomic E-state index is -0.216. The van der Waals surface area contributed by atoms with Gasteiger partial charge in [-0.2, -0.15) is 0 Å². The molecule has 1 aliphatic rings. The summed E-state index contributed by atoms with van der Waals surface area (Å²) in [6, 6.07) is 15.8. The van der Waals surface area contributed by atoms with Crippen LogP contribution in [-0.2, 0) is 4.79 Å². The van der Waals surface area contributed by atoms with Gasteiger partial charge in [-0.3, -0.25) is 9.59 Å². The molecular formula is C23H28N2O2. The van der Waals surface area contributed by atoms with Crippen molar-refractivity contribution in [2.45, 2.75) is 33.1 Å². The second-order valence-corrected chi connectivity index (χ2v) is 7.44. The molecule has 2 unspecified atom stereocenters. The lowest BCUT2D eigenvalue weighted by molar-refractivity contribution is -0.124. The van der Waals surface area contributed by atoms with Gasteiger partial charge in [0.05, 0.1) is 5.92 Å². The molecule has 1 fully saturated rings. The molecule has 1 saturated heterocycles.